The standard InChI is InChI=1S/C34H32N4O2S/c1-25(28-15-9-4-10-16-28)38(33(40)30-19-17-29(18-20-30)31-24-41-34(35)36-31)23-32(39)37(21-26-11-5-2-6-12-26)22-27-13-7-3-8-14-27/h2-20,24-25H,21-23H2,1H3,(H2,35,36)/t25-/m0/s1. The third kappa shape index (κ3) is 7.07. The van der Waals surface area contributed by atoms with Crippen LogP contribution >= 0.6 is 11.3 Å². The second-order valence-electron chi connectivity index (χ2n) is 9.89. The number of carbonyl (C=O) groups is 2. The zero-order valence-corrected chi connectivity index (χ0v) is 23.7. The average Bonchev–Trinajstić information content (AvgIpc) is 3.46. The van der Waals surface area contributed by atoms with E-state index in [1.54, 1.807) is 17.0 Å². The highest BCUT2D eigenvalue weighted by Crippen LogP contribution is 2.26. The zero-order valence-electron chi connectivity index (χ0n) is 22.9. The maximum atomic E-state index is 14.0. The van der Waals surface area contributed by atoms with Crippen LogP contribution in [0.15, 0.2) is 121 Å². The first-order valence-electron chi connectivity index (χ1n) is 13.5. The summed E-state index contributed by atoms with van der Waals surface area (Å²) in [5.74, 6) is -0.332. The van der Waals surface area contributed by atoms with E-state index in [1.165, 1.54) is 11.3 Å². The Morgan fingerprint density at radius 1 is 0.780 bits per heavy atom. The molecule has 0 saturated carbocycles. The normalized spacial score (nSPS) is 11.5. The lowest BCUT2D eigenvalue weighted by Gasteiger charge is -2.32. The van der Waals surface area contributed by atoms with Crippen molar-refractivity contribution in [1.82, 2.24) is 14.8 Å². The van der Waals surface area contributed by atoms with Crippen molar-refractivity contribution in [1.29, 1.82) is 0 Å². The summed E-state index contributed by atoms with van der Waals surface area (Å²) >= 11 is 1.38. The number of nitrogen functional groups attached to an aromatic ring is 1. The van der Waals surface area contributed by atoms with Gasteiger partial charge in [0, 0.05) is 29.6 Å². The molecule has 0 spiro atoms. The minimum Gasteiger partial charge on any atom is -0.375 e. The van der Waals surface area contributed by atoms with Gasteiger partial charge < -0.3 is 15.5 Å². The smallest absolute Gasteiger partial charge is 0.254 e. The summed E-state index contributed by atoms with van der Waals surface area (Å²) in [6.45, 7) is 2.80. The Hall–Kier alpha value is -4.75. The Morgan fingerprint density at radius 3 is 1.83 bits per heavy atom. The third-order valence-electron chi connectivity index (χ3n) is 7.05. The van der Waals surface area contributed by atoms with E-state index < -0.39 is 0 Å². The lowest BCUT2D eigenvalue weighted by Crippen LogP contribution is -2.43. The van der Waals surface area contributed by atoms with Gasteiger partial charge in [0.05, 0.1) is 11.7 Å². The van der Waals surface area contributed by atoms with Crippen LogP contribution in [0.4, 0.5) is 5.13 Å². The van der Waals surface area contributed by atoms with Crippen LogP contribution in [0.1, 0.15) is 40.0 Å². The molecule has 0 bridgehead atoms. The first-order chi connectivity index (χ1) is 20.0. The molecule has 0 saturated heterocycles. The first kappa shape index (κ1) is 27.8. The van der Waals surface area contributed by atoms with Gasteiger partial charge >= 0.3 is 0 Å². The van der Waals surface area contributed by atoms with Crippen LogP contribution in [0.2, 0.25) is 0 Å². The van der Waals surface area contributed by atoms with Crippen molar-refractivity contribution in [2.75, 3.05) is 12.3 Å². The van der Waals surface area contributed by atoms with E-state index in [9.17, 15) is 9.59 Å². The second kappa shape index (κ2) is 13.1. The van der Waals surface area contributed by atoms with Crippen molar-refractivity contribution in [3.05, 3.63) is 143 Å². The lowest BCUT2D eigenvalue weighted by molar-refractivity contribution is -0.133. The van der Waals surface area contributed by atoms with Crippen molar-refractivity contribution in [2.45, 2.75) is 26.1 Å². The molecular weight excluding hydrogens is 528 g/mol. The SMILES string of the molecule is C[C@@H](c1ccccc1)N(CC(=O)N(Cc1ccccc1)Cc1ccccc1)C(=O)c1ccc(-c2csc(N)n2)cc1. The summed E-state index contributed by atoms with van der Waals surface area (Å²) in [5.41, 5.74) is 11.0. The summed E-state index contributed by atoms with van der Waals surface area (Å²) in [6.07, 6.45) is 0. The van der Waals surface area contributed by atoms with Gasteiger partial charge in [0.2, 0.25) is 5.91 Å². The minimum atomic E-state index is -0.319. The zero-order chi connectivity index (χ0) is 28.6. The molecule has 1 heterocycles. The summed E-state index contributed by atoms with van der Waals surface area (Å²) in [6, 6.07) is 36.6. The van der Waals surface area contributed by atoms with Gasteiger partial charge in [0.1, 0.15) is 6.54 Å². The molecule has 4 aromatic carbocycles. The predicted molar refractivity (Wildman–Crippen MR) is 165 cm³/mol. The van der Waals surface area contributed by atoms with E-state index in [0.29, 0.717) is 23.8 Å². The van der Waals surface area contributed by atoms with Crippen molar-refractivity contribution < 1.29 is 9.59 Å². The number of nitrogens with zero attached hydrogens (tertiary/aromatic N) is 3. The van der Waals surface area contributed by atoms with Gasteiger partial charge in [-0.15, -0.1) is 11.3 Å². The van der Waals surface area contributed by atoms with Gasteiger partial charge in [-0.25, -0.2) is 4.98 Å². The molecule has 7 heteroatoms. The number of nitrogens with two attached hydrogens (primary N) is 1. The van der Waals surface area contributed by atoms with Crippen molar-refractivity contribution >= 4 is 28.3 Å². The molecule has 2 amide bonds. The van der Waals surface area contributed by atoms with Crippen LogP contribution in [0, 0.1) is 0 Å². The Morgan fingerprint density at radius 2 is 1.32 bits per heavy atom. The number of hydrogen-bond acceptors (Lipinski definition) is 5. The molecule has 5 aromatic rings. The quantitative estimate of drug-likeness (QED) is 0.203. The highest BCUT2D eigenvalue weighted by atomic mass is 32.1. The molecule has 0 aliphatic heterocycles. The Balaban J connectivity index is 1.43. The molecule has 2 N–H and O–H groups in total. The van der Waals surface area contributed by atoms with Crippen LogP contribution in [0.25, 0.3) is 11.3 Å². The predicted octanol–water partition coefficient (Wildman–Crippen LogP) is 6.82. The van der Waals surface area contributed by atoms with E-state index in [4.69, 9.17) is 5.73 Å². The number of carbonyl (C=O) groups excluding carboxylic acids is 2. The summed E-state index contributed by atoms with van der Waals surface area (Å²) < 4.78 is 0. The number of thiazole rings is 1. The molecule has 41 heavy (non-hydrogen) atoms. The van der Waals surface area contributed by atoms with Crippen LogP contribution < -0.4 is 5.73 Å². The monoisotopic (exact) mass is 560 g/mol. The topological polar surface area (TPSA) is 79.5 Å². The lowest BCUT2D eigenvalue weighted by atomic mass is 10.0. The van der Waals surface area contributed by atoms with Gasteiger partial charge in [0.25, 0.3) is 5.91 Å². The fraction of sp³-hybridized carbons (Fsp3) is 0.147. The molecule has 0 aliphatic carbocycles. The molecule has 0 unspecified atom stereocenters. The molecule has 5 rings (SSSR count). The van der Waals surface area contributed by atoms with E-state index >= 15 is 0 Å². The Labute approximate surface area is 244 Å². The minimum absolute atomic E-state index is 0.0566. The first-order valence-corrected chi connectivity index (χ1v) is 14.4. The fourth-order valence-corrected chi connectivity index (χ4v) is 5.32. The summed E-state index contributed by atoms with van der Waals surface area (Å²) in [5, 5.41) is 2.39. The third-order valence-corrected chi connectivity index (χ3v) is 7.72. The van der Waals surface area contributed by atoms with Crippen LogP contribution in [-0.4, -0.2) is 33.1 Å². The highest BCUT2D eigenvalue weighted by Gasteiger charge is 2.27. The van der Waals surface area contributed by atoms with E-state index in [2.05, 4.69) is 4.98 Å². The molecule has 1 atom stereocenters. The Kier molecular flexibility index (Phi) is 8.86. The van der Waals surface area contributed by atoms with Gasteiger partial charge in [-0.05, 0) is 35.7 Å². The fourth-order valence-electron chi connectivity index (χ4n) is 4.75. The van der Waals surface area contributed by atoms with Crippen molar-refractivity contribution in [3.8, 4) is 11.3 Å². The number of hydrogen-bond donors (Lipinski definition) is 1. The second-order valence-corrected chi connectivity index (χ2v) is 10.8. The number of rotatable bonds is 10. The van der Waals surface area contributed by atoms with E-state index in [1.807, 2.05) is 120 Å². The molecule has 206 valence electrons. The summed E-state index contributed by atoms with van der Waals surface area (Å²) in [4.78, 5) is 35.8. The van der Waals surface area contributed by atoms with Crippen LogP contribution in [0.3, 0.4) is 0 Å². The van der Waals surface area contributed by atoms with E-state index in [-0.39, 0.29) is 24.4 Å². The van der Waals surface area contributed by atoms with Gasteiger partial charge in [-0.3, -0.25) is 9.59 Å². The number of anilines is 1. The molecule has 6 nitrogen and oxygen atoms in total. The maximum Gasteiger partial charge on any atom is 0.254 e. The van der Waals surface area contributed by atoms with E-state index in [0.717, 1.165) is 27.9 Å². The van der Waals surface area contributed by atoms with Crippen molar-refractivity contribution in [2.24, 2.45) is 0 Å². The molecule has 0 fully saturated rings. The number of amides is 2. The molecule has 0 aliphatic rings. The molecule has 0 radical (unpaired) electrons. The van der Waals surface area contributed by atoms with Gasteiger partial charge in [-0.2, -0.15) is 0 Å². The highest BCUT2D eigenvalue weighted by molar-refractivity contribution is 7.13. The molecular formula is C34H32N4O2S. The largest absolute Gasteiger partial charge is 0.375 e. The number of benzene rings is 4. The Bertz CT molecular complexity index is 1530. The van der Waals surface area contributed by atoms with Crippen LogP contribution in [0.5, 0.6) is 0 Å². The van der Waals surface area contributed by atoms with Gasteiger partial charge in [0.15, 0.2) is 5.13 Å². The summed E-state index contributed by atoms with van der Waals surface area (Å²) in [7, 11) is 0. The average molecular weight is 561 g/mol. The molecule has 1 aromatic heterocycles. The van der Waals surface area contributed by atoms with Crippen molar-refractivity contribution in [3.63, 3.8) is 0 Å². The van der Waals surface area contributed by atoms with Crippen LogP contribution in [-0.2, 0) is 17.9 Å². The number of aromatic nitrogens is 1. The van der Waals surface area contributed by atoms with Gasteiger partial charge in [-0.1, -0.05) is 103 Å². The maximum absolute atomic E-state index is 14.0.